The van der Waals surface area contributed by atoms with Gasteiger partial charge in [0.05, 0.1) is 25.6 Å². The fraction of sp³-hybridized carbons (Fsp3) is 0.944. The van der Waals surface area contributed by atoms with Crippen LogP contribution in [-0.2, 0) is 14.3 Å². The van der Waals surface area contributed by atoms with Gasteiger partial charge in [0.25, 0.3) is 0 Å². The first kappa shape index (κ1) is 26.0. The molecule has 1 heterocycles. The largest absolute Gasteiger partial charge is 0.461 e. The van der Waals surface area contributed by atoms with Crippen molar-refractivity contribution < 1.29 is 53.8 Å². The summed E-state index contributed by atoms with van der Waals surface area (Å²) in [6, 6.07) is 0. The average Bonchev–Trinajstić information content (AvgIpc) is 2.68. The van der Waals surface area contributed by atoms with E-state index in [4.69, 9.17) is 9.47 Å². The number of rotatable bonds is 8. The van der Waals surface area contributed by atoms with Gasteiger partial charge in [-0.3, -0.25) is 9.69 Å². The number of morpholine rings is 1. The molecular formula is C18H24F9NO3. The van der Waals surface area contributed by atoms with Gasteiger partial charge in [0.1, 0.15) is 6.10 Å². The molecule has 0 aromatic rings. The number of hydrogen-bond acceptors (Lipinski definition) is 4. The predicted octanol–water partition coefficient (Wildman–Crippen LogP) is 4.67. The summed E-state index contributed by atoms with van der Waals surface area (Å²) in [4.78, 5) is 13.7. The molecule has 0 bridgehead atoms. The fourth-order valence-corrected chi connectivity index (χ4v) is 3.64. The van der Waals surface area contributed by atoms with Gasteiger partial charge in [-0.2, -0.15) is 39.5 Å². The highest BCUT2D eigenvalue weighted by molar-refractivity contribution is 5.72. The van der Waals surface area contributed by atoms with Gasteiger partial charge in [-0.05, 0) is 12.8 Å². The van der Waals surface area contributed by atoms with E-state index >= 15 is 0 Å². The zero-order valence-corrected chi connectivity index (χ0v) is 16.5. The van der Waals surface area contributed by atoms with Crippen LogP contribution in [0.15, 0.2) is 0 Å². The van der Waals surface area contributed by atoms with Gasteiger partial charge in [-0.25, -0.2) is 0 Å². The molecule has 0 spiro atoms. The lowest BCUT2D eigenvalue weighted by Crippen LogP contribution is -2.62. The molecule has 0 aromatic carbocycles. The van der Waals surface area contributed by atoms with E-state index in [1.165, 1.54) is 4.90 Å². The summed E-state index contributed by atoms with van der Waals surface area (Å²) in [5.41, 5.74) is 0. The highest BCUT2D eigenvalue weighted by Gasteiger charge is 2.81. The quantitative estimate of drug-likeness (QED) is 0.380. The summed E-state index contributed by atoms with van der Waals surface area (Å²) in [6.07, 6.45) is -8.11. The Bertz CT molecular complexity index is 601. The Morgan fingerprint density at radius 3 is 1.97 bits per heavy atom. The second kappa shape index (κ2) is 9.72. The minimum atomic E-state index is -6.97. The van der Waals surface area contributed by atoms with Gasteiger partial charge < -0.3 is 9.47 Å². The Morgan fingerprint density at radius 1 is 0.903 bits per heavy atom. The van der Waals surface area contributed by atoms with E-state index < -0.39 is 54.9 Å². The van der Waals surface area contributed by atoms with E-state index in [1.807, 2.05) is 0 Å². The van der Waals surface area contributed by atoms with Crippen molar-refractivity contribution in [2.75, 3.05) is 32.8 Å². The predicted molar refractivity (Wildman–Crippen MR) is 89.2 cm³/mol. The molecule has 31 heavy (non-hydrogen) atoms. The zero-order valence-electron chi connectivity index (χ0n) is 16.5. The second-order valence-electron chi connectivity index (χ2n) is 7.86. The lowest BCUT2D eigenvalue weighted by atomic mass is 9.89. The summed E-state index contributed by atoms with van der Waals surface area (Å²) >= 11 is 0. The van der Waals surface area contributed by atoms with E-state index in [-0.39, 0.29) is 26.3 Å². The summed E-state index contributed by atoms with van der Waals surface area (Å²) in [7, 11) is 0. The normalized spacial score (nSPS) is 21.7. The number of hydrogen-bond donors (Lipinski definition) is 0. The molecule has 1 saturated heterocycles. The molecule has 1 unspecified atom stereocenters. The molecular weight excluding hydrogens is 449 g/mol. The average molecular weight is 473 g/mol. The number of alkyl halides is 9. The summed E-state index contributed by atoms with van der Waals surface area (Å²) < 4.78 is 129. The Hall–Kier alpha value is -1.24. The van der Waals surface area contributed by atoms with Crippen LogP contribution in [0.25, 0.3) is 0 Å². The first-order chi connectivity index (χ1) is 14.2. The van der Waals surface area contributed by atoms with Crippen molar-refractivity contribution in [1.82, 2.24) is 4.90 Å². The number of nitrogens with zero attached hydrogens (tertiary/aromatic N) is 1. The molecule has 4 nitrogen and oxygen atoms in total. The molecule has 1 atom stereocenters. The first-order valence-electron chi connectivity index (χ1n) is 9.90. The summed E-state index contributed by atoms with van der Waals surface area (Å²) in [5.74, 6) is -21.1. The van der Waals surface area contributed by atoms with Gasteiger partial charge >= 0.3 is 29.9 Å². The SMILES string of the molecule is O=C(OC(CN1CCOCC1)CC(F)(F)C(F)(F)C(F)(F)C(F)(F)F)C1CCCCC1. The molecule has 0 aromatic heterocycles. The minimum absolute atomic E-state index is 0.165. The van der Waals surface area contributed by atoms with Crippen LogP contribution >= 0.6 is 0 Å². The van der Waals surface area contributed by atoms with Crippen molar-refractivity contribution >= 4 is 5.97 Å². The third-order valence-corrected chi connectivity index (χ3v) is 5.48. The van der Waals surface area contributed by atoms with Crippen LogP contribution in [0.1, 0.15) is 38.5 Å². The van der Waals surface area contributed by atoms with Crippen molar-refractivity contribution in [3.63, 3.8) is 0 Å². The van der Waals surface area contributed by atoms with Crippen molar-refractivity contribution in [2.45, 2.75) is 68.6 Å². The molecule has 0 amide bonds. The van der Waals surface area contributed by atoms with E-state index in [0.717, 1.165) is 6.42 Å². The number of carbonyl (C=O) groups is 1. The Kier molecular flexibility index (Phi) is 8.15. The molecule has 13 heteroatoms. The Labute approximate surface area is 173 Å². The van der Waals surface area contributed by atoms with Crippen LogP contribution in [0.3, 0.4) is 0 Å². The maximum Gasteiger partial charge on any atom is 0.460 e. The molecule has 1 aliphatic heterocycles. The van der Waals surface area contributed by atoms with Crippen LogP contribution in [-0.4, -0.2) is 73.8 Å². The van der Waals surface area contributed by atoms with E-state index in [9.17, 15) is 44.3 Å². The number of halogens is 9. The number of esters is 1. The van der Waals surface area contributed by atoms with Gasteiger partial charge in [-0.1, -0.05) is 19.3 Å². The van der Waals surface area contributed by atoms with E-state index in [2.05, 4.69) is 0 Å². The van der Waals surface area contributed by atoms with Crippen LogP contribution in [0.5, 0.6) is 0 Å². The van der Waals surface area contributed by atoms with Crippen molar-refractivity contribution in [1.29, 1.82) is 0 Å². The molecule has 0 N–H and O–H groups in total. The van der Waals surface area contributed by atoms with Crippen LogP contribution in [0, 0.1) is 5.92 Å². The second-order valence-corrected chi connectivity index (χ2v) is 7.86. The number of carbonyl (C=O) groups excluding carboxylic acids is 1. The highest BCUT2D eigenvalue weighted by atomic mass is 19.4. The third kappa shape index (κ3) is 5.96. The van der Waals surface area contributed by atoms with Gasteiger partial charge in [0.15, 0.2) is 0 Å². The van der Waals surface area contributed by atoms with Crippen LogP contribution in [0.2, 0.25) is 0 Å². The zero-order chi connectivity index (χ0) is 23.5. The Balaban J connectivity index is 2.19. The lowest BCUT2D eigenvalue weighted by Gasteiger charge is -2.37. The standard InChI is InChI=1S/C18H24F9NO3/c19-15(20,16(21,22)17(23,24)18(25,26)27)10-13(11-28-6-8-30-9-7-28)31-14(29)12-4-2-1-3-5-12/h12-13H,1-11H2. The van der Waals surface area contributed by atoms with Crippen LogP contribution < -0.4 is 0 Å². The maximum absolute atomic E-state index is 14.2. The minimum Gasteiger partial charge on any atom is -0.461 e. The first-order valence-corrected chi connectivity index (χ1v) is 9.90. The monoisotopic (exact) mass is 473 g/mol. The molecule has 1 aliphatic carbocycles. The van der Waals surface area contributed by atoms with Crippen LogP contribution in [0.4, 0.5) is 39.5 Å². The van der Waals surface area contributed by atoms with Gasteiger partial charge in [-0.15, -0.1) is 0 Å². The molecule has 2 fully saturated rings. The van der Waals surface area contributed by atoms with Gasteiger partial charge in [0, 0.05) is 19.6 Å². The molecule has 2 aliphatic rings. The van der Waals surface area contributed by atoms with Gasteiger partial charge in [0.2, 0.25) is 0 Å². The fourth-order valence-electron chi connectivity index (χ4n) is 3.64. The molecule has 182 valence electrons. The van der Waals surface area contributed by atoms with E-state index in [1.54, 1.807) is 0 Å². The highest BCUT2D eigenvalue weighted by Crippen LogP contribution is 2.54. The third-order valence-electron chi connectivity index (χ3n) is 5.48. The molecule has 1 saturated carbocycles. The van der Waals surface area contributed by atoms with E-state index in [0.29, 0.717) is 25.7 Å². The smallest absolute Gasteiger partial charge is 0.460 e. The maximum atomic E-state index is 14.2. The van der Waals surface area contributed by atoms with Crippen molar-refractivity contribution in [2.24, 2.45) is 5.92 Å². The Morgan fingerprint density at radius 2 is 1.45 bits per heavy atom. The molecule has 2 rings (SSSR count). The summed E-state index contributed by atoms with van der Waals surface area (Å²) in [6.45, 7) is 0.144. The van der Waals surface area contributed by atoms with Crippen molar-refractivity contribution in [3.05, 3.63) is 0 Å². The van der Waals surface area contributed by atoms with Crippen molar-refractivity contribution in [3.8, 4) is 0 Å². The molecule has 0 radical (unpaired) electrons. The number of ether oxygens (including phenoxy) is 2. The topological polar surface area (TPSA) is 38.8 Å². The lowest BCUT2D eigenvalue weighted by molar-refractivity contribution is -0.398. The summed E-state index contributed by atoms with van der Waals surface area (Å²) in [5, 5.41) is 0.